The van der Waals surface area contributed by atoms with E-state index in [4.69, 9.17) is 23.2 Å². The summed E-state index contributed by atoms with van der Waals surface area (Å²) in [5.41, 5.74) is 1.53. The lowest BCUT2D eigenvalue weighted by Gasteiger charge is -2.02. The van der Waals surface area contributed by atoms with Gasteiger partial charge in [-0.2, -0.15) is 0 Å². The number of hydrogen-bond acceptors (Lipinski definition) is 2. The Morgan fingerprint density at radius 1 is 1.21 bits per heavy atom. The Kier molecular flexibility index (Phi) is 2.66. The Labute approximate surface area is 91.5 Å². The first kappa shape index (κ1) is 9.44. The van der Waals surface area contributed by atoms with E-state index in [1.807, 2.05) is 0 Å². The van der Waals surface area contributed by atoms with Gasteiger partial charge in [0, 0.05) is 27.4 Å². The molecular formula is C10H5Cl2N2. The maximum absolute atomic E-state index is 6.00. The Balaban J connectivity index is 2.57. The molecule has 0 N–H and O–H groups in total. The summed E-state index contributed by atoms with van der Waals surface area (Å²) in [6.45, 7) is 0. The zero-order chi connectivity index (χ0) is 9.97. The van der Waals surface area contributed by atoms with Crippen molar-refractivity contribution in [2.24, 2.45) is 0 Å². The first-order valence-corrected chi connectivity index (χ1v) is 4.66. The second-order valence-corrected chi connectivity index (χ2v) is 3.52. The van der Waals surface area contributed by atoms with Crippen LogP contribution in [0.15, 0.2) is 30.7 Å². The van der Waals surface area contributed by atoms with Crippen molar-refractivity contribution in [3.63, 3.8) is 0 Å². The van der Waals surface area contributed by atoms with Gasteiger partial charge in [0.2, 0.25) is 0 Å². The zero-order valence-electron chi connectivity index (χ0n) is 7.04. The van der Waals surface area contributed by atoms with E-state index in [1.54, 1.807) is 24.4 Å². The fourth-order valence-electron chi connectivity index (χ4n) is 1.10. The lowest BCUT2D eigenvalue weighted by Crippen LogP contribution is -1.83. The van der Waals surface area contributed by atoms with Crippen LogP contribution in [0.4, 0.5) is 0 Å². The van der Waals surface area contributed by atoms with E-state index in [1.165, 1.54) is 6.33 Å². The molecule has 0 unspecified atom stereocenters. The van der Waals surface area contributed by atoms with Crippen LogP contribution in [0.2, 0.25) is 10.0 Å². The van der Waals surface area contributed by atoms with Crippen molar-refractivity contribution in [3.05, 3.63) is 47.0 Å². The van der Waals surface area contributed by atoms with Crippen LogP contribution in [0.3, 0.4) is 0 Å². The summed E-state index contributed by atoms with van der Waals surface area (Å²) in [7, 11) is 0. The lowest BCUT2D eigenvalue weighted by atomic mass is 10.1. The van der Waals surface area contributed by atoms with E-state index in [2.05, 4.69) is 16.2 Å². The summed E-state index contributed by atoms with van der Waals surface area (Å²) in [5.74, 6) is 0. The molecule has 14 heavy (non-hydrogen) atoms. The highest BCUT2D eigenvalue weighted by molar-refractivity contribution is 6.35. The minimum atomic E-state index is 0.612. The highest BCUT2D eigenvalue weighted by Crippen LogP contribution is 2.29. The van der Waals surface area contributed by atoms with Crippen LogP contribution in [-0.4, -0.2) is 9.97 Å². The predicted octanol–water partition coefficient (Wildman–Crippen LogP) is 3.25. The van der Waals surface area contributed by atoms with Gasteiger partial charge in [0.05, 0.1) is 0 Å². The van der Waals surface area contributed by atoms with Gasteiger partial charge in [-0.25, -0.2) is 9.97 Å². The van der Waals surface area contributed by atoms with E-state index in [9.17, 15) is 0 Å². The molecule has 0 saturated heterocycles. The van der Waals surface area contributed by atoms with Crippen molar-refractivity contribution in [1.29, 1.82) is 0 Å². The molecule has 2 nitrogen and oxygen atoms in total. The van der Waals surface area contributed by atoms with E-state index < -0.39 is 0 Å². The first-order chi connectivity index (χ1) is 6.77. The van der Waals surface area contributed by atoms with Crippen LogP contribution in [0.1, 0.15) is 0 Å². The molecule has 4 heteroatoms. The van der Waals surface area contributed by atoms with Crippen LogP contribution < -0.4 is 0 Å². The van der Waals surface area contributed by atoms with Gasteiger partial charge in [-0.05, 0) is 18.2 Å². The van der Waals surface area contributed by atoms with Crippen molar-refractivity contribution in [3.8, 4) is 11.1 Å². The summed E-state index contributed by atoms with van der Waals surface area (Å²) in [6.07, 6.45) is 5.86. The summed E-state index contributed by atoms with van der Waals surface area (Å²) in [6, 6.07) is 5.23. The third kappa shape index (κ3) is 1.86. The monoisotopic (exact) mass is 223 g/mol. The lowest BCUT2D eigenvalue weighted by molar-refractivity contribution is 1.16. The maximum Gasteiger partial charge on any atom is 0.116 e. The SMILES string of the molecule is Clc1ccc(Cl)c(-c2[c]ncnc2)c1. The second-order valence-electron chi connectivity index (χ2n) is 2.67. The van der Waals surface area contributed by atoms with Crippen molar-refractivity contribution in [2.75, 3.05) is 0 Å². The molecule has 2 aromatic rings. The highest BCUT2D eigenvalue weighted by atomic mass is 35.5. The molecular weight excluding hydrogens is 219 g/mol. The smallest absolute Gasteiger partial charge is 0.116 e. The van der Waals surface area contributed by atoms with Crippen molar-refractivity contribution in [2.45, 2.75) is 0 Å². The molecule has 0 fully saturated rings. The van der Waals surface area contributed by atoms with Crippen LogP contribution in [0, 0.1) is 6.20 Å². The molecule has 1 radical (unpaired) electrons. The number of nitrogens with zero attached hydrogens (tertiary/aromatic N) is 2. The minimum absolute atomic E-state index is 0.612. The standard InChI is InChI=1S/C10H5Cl2N2/c11-8-1-2-10(12)9(3-8)7-4-13-6-14-5-7/h1-4,6H. The van der Waals surface area contributed by atoms with E-state index in [0.717, 1.165) is 11.1 Å². The first-order valence-electron chi connectivity index (χ1n) is 3.90. The fourth-order valence-corrected chi connectivity index (χ4v) is 1.49. The quantitative estimate of drug-likeness (QED) is 0.742. The molecule has 0 spiro atoms. The molecule has 0 aliphatic carbocycles. The molecule has 1 aromatic carbocycles. The molecule has 2 rings (SSSR count). The molecule has 0 aliphatic rings. The normalized spacial score (nSPS) is 10.1. The third-order valence-corrected chi connectivity index (χ3v) is 2.30. The Bertz CT molecular complexity index is 443. The van der Waals surface area contributed by atoms with Crippen molar-refractivity contribution >= 4 is 23.2 Å². The van der Waals surface area contributed by atoms with Gasteiger partial charge in [0.1, 0.15) is 12.5 Å². The molecule has 0 saturated carbocycles. The van der Waals surface area contributed by atoms with Crippen LogP contribution in [0.5, 0.6) is 0 Å². The zero-order valence-corrected chi connectivity index (χ0v) is 8.55. The average molecular weight is 224 g/mol. The Morgan fingerprint density at radius 2 is 2.07 bits per heavy atom. The summed E-state index contributed by atoms with van der Waals surface area (Å²) in [5, 5.41) is 1.24. The number of halogens is 2. The number of hydrogen-bond donors (Lipinski definition) is 0. The van der Waals surface area contributed by atoms with E-state index in [0.29, 0.717) is 10.0 Å². The largest absolute Gasteiger partial charge is 0.244 e. The van der Waals surface area contributed by atoms with Crippen LogP contribution >= 0.6 is 23.2 Å². The van der Waals surface area contributed by atoms with Gasteiger partial charge in [-0.1, -0.05) is 23.2 Å². The van der Waals surface area contributed by atoms with Gasteiger partial charge in [0.15, 0.2) is 0 Å². The maximum atomic E-state index is 6.00. The third-order valence-electron chi connectivity index (χ3n) is 1.73. The van der Waals surface area contributed by atoms with Crippen LogP contribution in [-0.2, 0) is 0 Å². The summed E-state index contributed by atoms with van der Waals surface area (Å²) in [4.78, 5) is 7.68. The van der Waals surface area contributed by atoms with Gasteiger partial charge in [-0.15, -0.1) is 0 Å². The molecule has 1 heterocycles. The second kappa shape index (κ2) is 3.95. The molecule has 1 aromatic heterocycles. The topological polar surface area (TPSA) is 25.8 Å². The molecule has 69 valence electrons. The van der Waals surface area contributed by atoms with Crippen molar-refractivity contribution < 1.29 is 0 Å². The van der Waals surface area contributed by atoms with Gasteiger partial charge < -0.3 is 0 Å². The van der Waals surface area contributed by atoms with Crippen LogP contribution in [0.25, 0.3) is 11.1 Å². The molecule has 0 atom stereocenters. The Hall–Kier alpha value is -1.12. The predicted molar refractivity (Wildman–Crippen MR) is 56.3 cm³/mol. The van der Waals surface area contributed by atoms with E-state index in [-0.39, 0.29) is 0 Å². The van der Waals surface area contributed by atoms with Gasteiger partial charge in [-0.3, -0.25) is 0 Å². The summed E-state index contributed by atoms with van der Waals surface area (Å²) >= 11 is 11.8. The molecule has 0 amide bonds. The summed E-state index contributed by atoms with van der Waals surface area (Å²) < 4.78 is 0. The molecule has 0 aliphatic heterocycles. The Morgan fingerprint density at radius 3 is 2.79 bits per heavy atom. The minimum Gasteiger partial charge on any atom is -0.244 e. The van der Waals surface area contributed by atoms with Gasteiger partial charge >= 0.3 is 0 Å². The van der Waals surface area contributed by atoms with E-state index >= 15 is 0 Å². The highest BCUT2D eigenvalue weighted by Gasteiger charge is 2.04. The number of rotatable bonds is 1. The number of benzene rings is 1. The van der Waals surface area contributed by atoms with Crippen molar-refractivity contribution in [1.82, 2.24) is 9.97 Å². The fraction of sp³-hybridized carbons (Fsp3) is 0. The molecule has 0 bridgehead atoms. The van der Waals surface area contributed by atoms with Gasteiger partial charge in [0.25, 0.3) is 0 Å². The average Bonchev–Trinajstić information content (AvgIpc) is 2.23. The number of aromatic nitrogens is 2.